The number of aromatic amines is 2. The molecule has 0 aliphatic carbocycles. The first-order chi connectivity index (χ1) is 2.50. The predicted octanol–water partition coefficient (Wildman–Crippen LogP) is 1.18. The fourth-order valence-electron chi connectivity index (χ4n) is 0.0851. The molecule has 0 fully saturated rings. The minimum absolute atomic E-state index is 1.18. The third-order valence-electron chi connectivity index (χ3n) is 0.193. The summed E-state index contributed by atoms with van der Waals surface area (Å²) in [5.74, 6) is 0. The number of aromatic nitrogens is 2. The van der Waals surface area contributed by atoms with Crippen LogP contribution in [0, 0.1) is 0 Å². The van der Waals surface area contributed by atoms with Crippen LogP contribution in [0.1, 0.15) is 0 Å². The van der Waals surface area contributed by atoms with Crippen molar-refractivity contribution in [2.24, 2.45) is 0 Å². The molecule has 5 heavy (non-hydrogen) atoms. The first kappa shape index (κ1) is 3.05. The van der Waals surface area contributed by atoms with Crippen LogP contribution in [0.2, 0.25) is 0 Å². The highest BCUT2D eigenvalue weighted by Crippen LogP contribution is 1.85. The third-order valence-corrected chi connectivity index (χ3v) is 1.24. The van der Waals surface area contributed by atoms with E-state index < -0.39 is 0 Å². The summed E-state index contributed by atoms with van der Waals surface area (Å²) >= 11 is 2.49. The zero-order valence-corrected chi connectivity index (χ0v) is 3.86. The normalized spacial score (nSPS) is 8.00. The summed E-state index contributed by atoms with van der Waals surface area (Å²) in [6.45, 7) is 0. The van der Waals surface area contributed by atoms with Crippen LogP contribution < -0.4 is 0 Å². The van der Waals surface area contributed by atoms with Crippen LogP contribution in [0.15, 0.2) is 3.96 Å². The fourth-order valence-corrected chi connectivity index (χ4v) is 0.765. The molecule has 3 nitrogen and oxygen atoms in total. The molecule has 0 saturated heterocycles. The Morgan fingerprint density at radius 2 is 2.60 bits per heavy atom. The minimum atomic E-state index is 1.18. The summed E-state index contributed by atoms with van der Waals surface area (Å²) in [6, 6.07) is 0. The van der Waals surface area contributed by atoms with Gasteiger partial charge in [-0.15, -0.1) is 4.55 Å². The molecular formula is H2N2OS2. The Morgan fingerprint density at radius 3 is 2.80 bits per heavy atom. The number of H-pyrrole nitrogens is 2. The van der Waals surface area contributed by atoms with Crippen molar-refractivity contribution < 1.29 is 3.96 Å². The molecule has 30 valence electrons. The molecule has 0 amide bonds. The van der Waals surface area contributed by atoms with Crippen molar-refractivity contribution in [2.45, 2.75) is 0 Å². The Labute approximate surface area is 36.6 Å². The van der Waals surface area contributed by atoms with Crippen molar-refractivity contribution in [1.29, 1.82) is 0 Å². The Balaban J connectivity index is 3.13. The Hall–Kier alpha value is -0.160. The summed E-state index contributed by atoms with van der Waals surface area (Å²) in [4.78, 5) is 0. The second-order valence-electron chi connectivity index (χ2n) is 0.435. The van der Waals surface area contributed by atoms with Gasteiger partial charge in [-0.2, -0.15) is 0 Å². The van der Waals surface area contributed by atoms with Crippen LogP contribution in [0.5, 0.6) is 0 Å². The first-order valence-electron chi connectivity index (χ1n) is 0.983. The standard InChI is InChI=1S/H2N2OS2/c1-3-5-2-4-1/h1-2H. The summed E-state index contributed by atoms with van der Waals surface area (Å²) < 4.78 is 9.68. The van der Waals surface area contributed by atoms with Crippen molar-refractivity contribution in [2.75, 3.05) is 0 Å². The Bertz CT molecular complexity index is 64.1. The van der Waals surface area contributed by atoms with Crippen molar-refractivity contribution in [3.05, 3.63) is 0 Å². The van der Waals surface area contributed by atoms with Crippen molar-refractivity contribution in [3.63, 3.8) is 0 Å². The second kappa shape index (κ2) is 1.32. The minimum Gasteiger partial charge on any atom is -0.292 e. The predicted molar refractivity (Wildman–Crippen MR) is 20.8 cm³/mol. The SMILES string of the molecule is [nH]1os[nH]s1. The van der Waals surface area contributed by atoms with E-state index in [9.17, 15) is 0 Å². The molecule has 1 aromatic heterocycles. The summed E-state index contributed by atoms with van der Waals surface area (Å²) in [7, 11) is 0. The highest BCUT2D eigenvalue weighted by molar-refractivity contribution is 7.11. The van der Waals surface area contributed by atoms with Crippen LogP contribution >= 0.6 is 23.6 Å². The second-order valence-corrected chi connectivity index (χ2v) is 1.81. The maximum atomic E-state index is 4.46. The highest BCUT2D eigenvalue weighted by Gasteiger charge is 1.56. The molecule has 1 rings (SSSR count). The van der Waals surface area contributed by atoms with Crippen molar-refractivity contribution in [3.8, 4) is 0 Å². The average Bonchev–Trinajstić information content (AvgIpc) is 1.76. The van der Waals surface area contributed by atoms with Gasteiger partial charge in [-0.3, -0.25) is 3.96 Å². The molecule has 0 saturated carbocycles. The lowest BCUT2D eigenvalue weighted by Gasteiger charge is -1.46. The molecule has 0 radical (unpaired) electrons. The van der Waals surface area contributed by atoms with Crippen molar-refractivity contribution in [1.82, 2.24) is 8.31 Å². The largest absolute Gasteiger partial charge is 0.292 e. The van der Waals surface area contributed by atoms with Crippen LogP contribution in [0.3, 0.4) is 0 Å². The molecule has 5 heteroatoms. The highest BCUT2D eigenvalue weighted by atomic mass is 32.2. The Morgan fingerprint density at radius 1 is 1.60 bits per heavy atom. The lowest BCUT2D eigenvalue weighted by molar-refractivity contribution is 0.541. The van der Waals surface area contributed by atoms with Gasteiger partial charge >= 0.3 is 0 Å². The lowest BCUT2D eigenvalue weighted by Crippen LogP contribution is -1.31. The fraction of sp³-hybridized carbons (Fsp3) is 0. The molecule has 0 aliphatic rings. The van der Waals surface area contributed by atoms with E-state index in [2.05, 4.69) is 12.3 Å². The number of rotatable bonds is 0. The third kappa shape index (κ3) is 0.555. The van der Waals surface area contributed by atoms with E-state index in [-0.39, 0.29) is 0 Å². The van der Waals surface area contributed by atoms with Crippen LogP contribution in [0.25, 0.3) is 0 Å². The van der Waals surface area contributed by atoms with Gasteiger partial charge in [0.1, 0.15) is 0 Å². The number of hydrogen-bond acceptors (Lipinski definition) is 3. The van der Waals surface area contributed by atoms with E-state index >= 15 is 0 Å². The lowest BCUT2D eigenvalue weighted by atomic mass is 13.7. The monoisotopic (exact) mass is 110 g/mol. The summed E-state index contributed by atoms with van der Waals surface area (Å²) in [6.07, 6.45) is 0. The van der Waals surface area contributed by atoms with Gasteiger partial charge in [0, 0.05) is 0 Å². The number of hydrogen-bond donors (Lipinski definition) is 2. The zero-order valence-electron chi connectivity index (χ0n) is 2.22. The summed E-state index contributed by atoms with van der Waals surface area (Å²) in [5.41, 5.74) is 0. The maximum absolute atomic E-state index is 4.46. The van der Waals surface area contributed by atoms with Gasteiger partial charge in [-0.1, -0.05) is 0 Å². The van der Waals surface area contributed by atoms with E-state index in [0.717, 1.165) is 0 Å². The van der Waals surface area contributed by atoms with Gasteiger partial charge in [-0.25, -0.2) is 3.76 Å². The molecular weight excluding hydrogens is 108 g/mol. The quantitative estimate of drug-likeness (QED) is 0.517. The molecule has 1 aromatic rings. The van der Waals surface area contributed by atoms with Gasteiger partial charge in [0.25, 0.3) is 0 Å². The van der Waals surface area contributed by atoms with Crippen LogP contribution in [-0.2, 0) is 0 Å². The van der Waals surface area contributed by atoms with Gasteiger partial charge in [-0.05, 0) is 0 Å². The first-order valence-corrected chi connectivity index (χ1v) is 2.54. The number of nitrogens with one attached hydrogen (secondary N) is 2. The van der Waals surface area contributed by atoms with E-state index in [1.165, 1.54) is 23.6 Å². The van der Waals surface area contributed by atoms with Crippen LogP contribution in [0.4, 0.5) is 0 Å². The van der Waals surface area contributed by atoms with E-state index in [1.54, 1.807) is 0 Å². The zero-order chi connectivity index (χ0) is 3.54. The molecule has 2 N–H and O–H groups in total. The molecule has 0 atom stereocenters. The topological polar surface area (TPSA) is 44.7 Å². The molecule has 0 bridgehead atoms. The van der Waals surface area contributed by atoms with Crippen molar-refractivity contribution >= 4 is 23.6 Å². The summed E-state index contributed by atoms with van der Waals surface area (Å²) in [5, 5.41) is 0. The van der Waals surface area contributed by atoms with Crippen LogP contribution in [-0.4, -0.2) is 8.31 Å². The molecule has 0 aromatic carbocycles. The smallest absolute Gasteiger partial charge is 0.166 e. The average molecular weight is 110 g/mol. The Kier molecular flexibility index (Phi) is 0.806. The maximum Gasteiger partial charge on any atom is 0.166 e. The van der Waals surface area contributed by atoms with Gasteiger partial charge in [0.2, 0.25) is 0 Å². The van der Waals surface area contributed by atoms with E-state index in [0.29, 0.717) is 0 Å². The van der Waals surface area contributed by atoms with Gasteiger partial charge in [0.15, 0.2) is 11.8 Å². The van der Waals surface area contributed by atoms with Gasteiger partial charge < -0.3 is 0 Å². The van der Waals surface area contributed by atoms with E-state index in [4.69, 9.17) is 0 Å². The van der Waals surface area contributed by atoms with Gasteiger partial charge in [0.05, 0.1) is 11.7 Å². The molecule has 1 heterocycles. The molecule has 0 spiro atoms. The van der Waals surface area contributed by atoms with E-state index in [1.807, 2.05) is 0 Å². The molecule has 0 aliphatic heterocycles. The molecule has 0 unspecified atom stereocenters.